The predicted molar refractivity (Wildman–Crippen MR) is 69.7 cm³/mol. The average Bonchev–Trinajstić information content (AvgIpc) is 3.00. The van der Waals surface area contributed by atoms with Crippen molar-refractivity contribution in [2.45, 2.75) is 26.7 Å². The highest BCUT2D eigenvalue weighted by Gasteiger charge is 2.66. The Bertz CT molecular complexity index is 445. The zero-order valence-electron chi connectivity index (χ0n) is 12.1. The van der Waals surface area contributed by atoms with Crippen molar-refractivity contribution >= 4 is 17.8 Å². The number of nitrogens with zero attached hydrogens (tertiary/aromatic N) is 1. The first-order chi connectivity index (χ1) is 9.30. The number of carbonyl (C=O) groups excluding carboxylic acids is 2. The van der Waals surface area contributed by atoms with Gasteiger partial charge in [-0.25, -0.2) is 0 Å². The van der Waals surface area contributed by atoms with Gasteiger partial charge in [-0.2, -0.15) is 0 Å². The summed E-state index contributed by atoms with van der Waals surface area (Å²) in [5.74, 6) is -2.74. The first-order valence-electron chi connectivity index (χ1n) is 6.90. The van der Waals surface area contributed by atoms with E-state index in [-0.39, 0.29) is 17.8 Å². The van der Waals surface area contributed by atoms with Gasteiger partial charge >= 0.3 is 11.9 Å². The lowest BCUT2D eigenvalue weighted by molar-refractivity contribution is -0.150. The van der Waals surface area contributed by atoms with Crippen molar-refractivity contribution in [3.63, 3.8) is 0 Å². The molecule has 3 atom stereocenters. The molecule has 1 aliphatic carbocycles. The fourth-order valence-corrected chi connectivity index (χ4v) is 3.29. The number of rotatable bonds is 3. The molecule has 0 aromatic carbocycles. The van der Waals surface area contributed by atoms with Gasteiger partial charge in [-0.05, 0) is 18.3 Å². The predicted octanol–water partition coefficient (Wildman–Crippen LogP) is 0.755. The van der Waals surface area contributed by atoms with E-state index in [9.17, 15) is 14.4 Å². The molecule has 0 radical (unpaired) electrons. The summed E-state index contributed by atoms with van der Waals surface area (Å²) >= 11 is 0. The average molecular weight is 283 g/mol. The molecule has 0 spiro atoms. The molecule has 6 heteroatoms. The van der Waals surface area contributed by atoms with Gasteiger partial charge < -0.3 is 14.7 Å². The van der Waals surface area contributed by atoms with E-state index < -0.39 is 23.2 Å². The fourth-order valence-electron chi connectivity index (χ4n) is 3.29. The van der Waals surface area contributed by atoms with Gasteiger partial charge in [-0.1, -0.05) is 13.8 Å². The summed E-state index contributed by atoms with van der Waals surface area (Å²) in [4.78, 5) is 36.8. The lowest BCUT2D eigenvalue weighted by Crippen LogP contribution is -2.44. The molecule has 0 aromatic rings. The Morgan fingerprint density at radius 3 is 2.40 bits per heavy atom. The minimum Gasteiger partial charge on any atom is -0.481 e. The molecule has 2 rings (SSSR count). The van der Waals surface area contributed by atoms with E-state index in [1.54, 1.807) is 18.7 Å². The Hall–Kier alpha value is -1.59. The van der Waals surface area contributed by atoms with Gasteiger partial charge in [-0.15, -0.1) is 0 Å². The Balaban J connectivity index is 2.03. The van der Waals surface area contributed by atoms with E-state index in [1.807, 2.05) is 0 Å². The minimum atomic E-state index is -0.921. The van der Waals surface area contributed by atoms with Crippen LogP contribution in [0.2, 0.25) is 0 Å². The topological polar surface area (TPSA) is 83.9 Å². The van der Waals surface area contributed by atoms with Crippen molar-refractivity contribution in [1.29, 1.82) is 0 Å². The van der Waals surface area contributed by atoms with Crippen LogP contribution in [-0.2, 0) is 19.1 Å². The number of hydrogen-bond donors (Lipinski definition) is 1. The Morgan fingerprint density at radius 2 is 1.90 bits per heavy atom. The number of amides is 1. The zero-order valence-corrected chi connectivity index (χ0v) is 12.1. The molecule has 1 heterocycles. The standard InChI is InChI=1S/C14H21NO5/c1-14(2)9(10(14)12(17)18)11(16)15-6-4-5-8(7-15)13(19)20-3/h8-10H,4-7H2,1-3H3,(H,17,18). The van der Waals surface area contributed by atoms with Gasteiger partial charge in [0.25, 0.3) is 0 Å². The van der Waals surface area contributed by atoms with E-state index in [1.165, 1.54) is 7.11 Å². The van der Waals surface area contributed by atoms with Gasteiger partial charge in [0.15, 0.2) is 0 Å². The van der Waals surface area contributed by atoms with Gasteiger partial charge in [0, 0.05) is 13.1 Å². The number of methoxy groups -OCH3 is 1. The molecular weight excluding hydrogens is 262 g/mol. The van der Waals surface area contributed by atoms with Crippen molar-refractivity contribution in [2.24, 2.45) is 23.2 Å². The van der Waals surface area contributed by atoms with Crippen LogP contribution in [-0.4, -0.2) is 48.1 Å². The van der Waals surface area contributed by atoms with Crippen molar-refractivity contribution < 1.29 is 24.2 Å². The van der Waals surface area contributed by atoms with E-state index in [4.69, 9.17) is 9.84 Å². The maximum absolute atomic E-state index is 12.5. The van der Waals surface area contributed by atoms with Gasteiger partial charge in [-0.3, -0.25) is 14.4 Å². The second kappa shape index (κ2) is 5.07. The number of ether oxygens (including phenoxy) is 1. The number of hydrogen-bond acceptors (Lipinski definition) is 4. The SMILES string of the molecule is COC(=O)C1CCCN(C(=O)C2C(C(=O)O)C2(C)C)C1. The van der Waals surface area contributed by atoms with Crippen LogP contribution >= 0.6 is 0 Å². The zero-order chi connectivity index (χ0) is 15.1. The van der Waals surface area contributed by atoms with E-state index in [0.29, 0.717) is 19.5 Å². The summed E-state index contributed by atoms with van der Waals surface area (Å²) in [6.45, 7) is 4.53. The van der Waals surface area contributed by atoms with Crippen molar-refractivity contribution in [1.82, 2.24) is 4.90 Å². The van der Waals surface area contributed by atoms with Crippen LogP contribution in [0.5, 0.6) is 0 Å². The molecule has 112 valence electrons. The number of aliphatic carboxylic acids is 1. The second-order valence-electron chi connectivity index (χ2n) is 6.26. The third-order valence-electron chi connectivity index (χ3n) is 4.63. The largest absolute Gasteiger partial charge is 0.481 e. The summed E-state index contributed by atoms with van der Waals surface area (Å²) in [6, 6.07) is 0. The molecule has 1 amide bonds. The van der Waals surface area contributed by atoms with Crippen LogP contribution in [0.3, 0.4) is 0 Å². The van der Waals surface area contributed by atoms with Crippen LogP contribution < -0.4 is 0 Å². The molecular formula is C14H21NO5. The molecule has 3 unspecified atom stereocenters. The fraction of sp³-hybridized carbons (Fsp3) is 0.786. The number of piperidine rings is 1. The molecule has 1 saturated carbocycles. The minimum absolute atomic E-state index is 0.143. The summed E-state index contributed by atoms with van der Waals surface area (Å²) < 4.78 is 4.72. The highest BCUT2D eigenvalue weighted by Crippen LogP contribution is 2.59. The van der Waals surface area contributed by atoms with Gasteiger partial charge in [0.2, 0.25) is 5.91 Å². The van der Waals surface area contributed by atoms with E-state index in [2.05, 4.69) is 0 Å². The molecule has 0 aromatic heterocycles. The maximum atomic E-state index is 12.5. The van der Waals surface area contributed by atoms with Crippen LogP contribution in [0, 0.1) is 23.2 Å². The maximum Gasteiger partial charge on any atom is 0.310 e. The van der Waals surface area contributed by atoms with E-state index in [0.717, 1.165) is 6.42 Å². The lowest BCUT2D eigenvalue weighted by Gasteiger charge is -2.31. The summed E-state index contributed by atoms with van der Waals surface area (Å²) in [5, 5.41) is 9.14. The van der Waals surface area contributed by atoms with Gasteiger partial charge in [0.05, 0.1) is 24.9 Å². The smallest absolute Gasteiger partial charge is 0.310 e. The number of carboxylic acids is 1. The first kappa shape index (κ1) is 14.8. The molecule has 0 bridgehead atoms. The summed E-state index contributed by atoms with van der Waals surface area (Å²) in [6.07, 6.45) is 1.46. The molecule has 2 fully saturated rings. The quantitative estimate of drug-likeness (QED) is 0.773. The highest BCUT2D eigenvalue weighted by molar-refractivity contribution is 5.92. The number of likely N-dealkylation sites (tertiary alicyclic amines) is 1. The Kier molecular flexibility index (Phi) is 3.75. The van der Waals surface area contributed by atoms with Crippen LogP contribution in [0.4, 0.5) is 0 Å². The molecule has 2 aliphatic rings. The molecule has 6 nitrogen and oxygen atoms in total. The van der Waals surface area contributed by atoms with Crippen molar-refractivity contribution in [3.8, 4) is 0 Å². The third kappa shape index (κ3) is 2.39. The summed E-state index contributed by atoms with van der Waals surface area (Å²) in [5.41, 5.74) is -0.499. The molecule has 1 N–H and O–H groups in total. The summed E-state index contributed by atoms with van der Waals surface area (Å²) in [7, 11) is 1.34. The molecule has 1 saturated heterocycles. The van der Waals surface area contributed by atoms with Crippen LogP contribution in [0.25, 0.3) is 0 Å². The number of esters is 1. The molecule has 20 heavy (non-hydrogen) atoms. The van der Waals surface area contributed by atoms with Crippen molar-refractivity contribution in [2.75, 3.05) is 20.2 Å². The number of carboxylic acid groups (broad SMARTS) is 1. The normalized spacial score (nSPS) is 31.6. The molecule has 1 aliphatic heterocycles. The van der Waals surface area contributed by atoms with Crippen LogP contribution in [0.1, 0.15) is 26.7 Å². The Labute approximate surface area is 118 Å². The highest BCUT2D eigenvalue weighted by atomic mass is 16.5. The third-order valence-corrected chi connectivity index (χ3v) is 4.63. The lowest BCUT2D eigenvalue weighted by atomic mass is 9.97. The van der Waals surface area contributed by atoms with E-state index >= 15 is 0 Å². The van der Waals surface area contributed by atoms with Crippen LogP contribution in [0.15, 0.2) is 0 Å². The second-order valence-corrected chi connectivity index (χ2v) is 6.26. The Morgan fingerprint density at radius 1 is 1.25 bits per heavy atom. The monoisotopic (exact) mass is 283 g/mol. The first-order valence-corrected chi connectivity index (χ1v) is 6.90. The van der Waals surface area contributed by atoms with Gasteiger partial charge in [0.1, 0.15) is 0 Å². The number of carbonyl (C=O) groups is 3. The van der Waals surface area contributed by atoms with Crippen molar-refractivity contribution in [3.05, 3.63) is 0 Å².